The van der Waals surface area contributed by atoms with Gasteiger partial charge in [0, 0.05) is 24.1 Å². The molecule has 0 radical (unpaired) electrons. The molecular formula is C24H25Cl2N7O2. The van der Waals surface area contributed by atoms with Crippen molar-refractivity contribution < 1.29 is 9.53 Å². The first-order chi connectivity index (χ1) is 17.0. The highest BCUT2D eigenvalue weighted by molar-refractivity contribution is 6.35. The number of aromatic nitrogens is 4. The van der Waals surface area contributed by atoms with Crippen LogP contribution in [-0.4, -0.2) is 58.5 Å². The van der Waals surface area contributed by atoms with E-state index in [0.717, 1.165) is 37.3 Å². The molecule has 2 aliphatic heterocycles. The second-order valence-corrected chi connectivity index (χ2v) is 10.0. The summed E-state index contributed by atoms with van der Waals surface area (Å²) in [7, 11) is 0. The van der Waals surface area contributed by atoms with Gasteiger partial charge >= 0.3 is 0 Å². The number of anilines is 3. The van der Waals surface area contributed by atoms with Crippen LogP contribution in [0, 0.1) is 11.8 Å². The fourth-order valence-electron chi connectivity index (χ4n) is 5.33. The summed E-state index contributed by atoms with van der Waals surface area (Å²) in [5, 5.41) is 12.1. The molecule has 2 N–H and O–H groups in total. The van der Waals surface area contributed by atoms with Crippen molar-refractivity contribution in [1.29, 1.82) is 0 Å². The molecule has 2 unspecified atom stereocenters. The fraction of sp³-hybridized carbons (Fsp3) is 0.417. The zero-order chi connectivity index (χ0) is 23.9. The number of fused-ring (bicyclic) bond motifs is 1. The summed E-state index contributed by atoms with van der Waals surface area (Å²) in [6, 6.07) is 7.87. The Kier molecular flexibility index (Phi) is 6.09. The summed E-state index contributed by atoms with van der Waals surface area (Å²) in [5.41, 5.74) is 2.84. The van der Waals surface area contributed by atoms with Crippen LogP contribution in [-0.2, 0) is 9.53 Å². The number of halogens is 2. The van der Waals surface area contributed by atoms with E-state index < -0.39 is 0 Å². The van der Waals surface area contributed by atoms with E-state index in [1.54, 1.807) is 11.1 Å². The number of benzene rings is 1. The predicted octanol–water partition coefficient (Wildman–Crippen LogP) is 3.92. The Morgan fingerprint density at radius 3 is 2.63 bits per heavy atom. The highest BCUT2D eigenvalue weighted by Gasteiger charge is 2.38. The first-order valence-electron chi connectivity index (χ1n) is 11.8. The van der Waals surface area contributed by atoms with Gasteiger partial charge in [0.2, 0.25) is 5.95 Å². The van der Waals surface area contributed by atoms with Crippen LogP contribution in [0.25, 0.3) is 11.3 Å². The van der Waals surface area contributed by atoms with E-state index in [9.17, 15) is 4.79 Å². The monoisotopic (exact) mass is 513 g/mol. The zero-order valence-electron chi connectivity index (χ0n) is 19.0. The Balaban J connectivity index is 1.20. The van der Waals surface area contributed by atoms with E-state index in [-0.39, 0.29) is 12.5 Å². The molecule has 0 spiro atoms. The quantitative estimate of drug-likeness (QED) is 0.533. The molecule has 1 aromatic carbocycles. The molecule has 2 aromatic heterocycles. The van der Waals surface area contributed by atoms with Gasteiger partial charge in [0.05, 0.1) is 35.1 Å². The third-order valence-electron chi connectivity index (χ3n) is 7.11. The van der Waals surface area contributed by atoms with E-state index in [0.29, 0.717) is 58.4 Å². The van der Waals surface area contributed by atoms with Crippen molar-refractivity contribution in [1.82, 2.24) is 25.1 Å². The molecule has 1 aliphatic carbocycles. The van der Waals surface area contributed by atoms with Crippen LogP contribution in [0.3, 0.4) is 0 Å². The van der Waals surface area contributed by atoms with Crippen molar-refractivity contribution in [3.05, 3.63) is 46.8 Å². The van der Waals surface area contributed by atoms with Gasteiger partial charge in [0.25, 0.3) is 5.91 Å². The van der Waals surface area contributed by atoms with Crippen LogP contribution in [0.15, 0.2) is 36.7 Å². The molecule has 3 fully saturated rings. The first kappa shape index (κ1) is 22.7. The minimum Gasteiger partial charge on any atom is -0.370 e. The lowest BCUT2D eigenvalue weighted by molar-refractivity contribution is -0.125. The van der Waals surface area contributed by atoms with Crippen molar-refractivity contribution in [3.8, 4) is 11.3 Å². The maximum Gasteiger partial charge on any atom is 0.253 e. The molecule has 4 heterocycles. The number of ether oxygens (including phenoxy) is 1. The van der Waals surface area contributed by atoms with Gasteiger partial charge in [-0.2, -0.15) is 5.10 Å². The number of carbonyl (C=O) groups excluding carboxylic acids is 1. The molecule has 182 valence electrons. The average molecular weight is 514 g/mol. The Labute approximate surface area is 212 Å². The lowest BCUT2D eigenvalue weighted by atomic mass is 10.0. The SMILES string of the molecule is O=C1COCCN1c1ccc(Nc2ncc(Cl)c(-c3cn(C4CC5CNCC5C4)nc3Cl)n2)cc1. The largest absolute Gasteiger partial charge is 0.370 e. The standard InChI is InChI=1S/C24H25Cl2N7O2/c25-20-11-28-24(29-16-1-3-17(4-2-16)32-5-6-35-13-21(32)34)30-22(20)19-12-33(31-23(19)26)18-7-14-9-27-10-15(14)8-18/h1-4,11-12,14-15,18,27H,5-10,13H2,(H,28,29,30). The second kappa shape index (κ2) is 9.39. The smallest absolute Gasteiger partial charge is 0.253 e. The molecule has 6 rings (SSSR count). The van der Waals surface area contributed by atoms with E-state index in [1.807, 2.05) is 35.1 Å². The van der Waals surface area contributed by atoms with Crippen LogP contribution >= 0.6 is 23.2 Å². The van der Waals surface area contributed by atoms with Gasteiger partial charge in [0.15, 0.2) is 5.15 Å². The molecule has 11 heteroatoms. The van der Waals surface area contributed by atoms with Gasteiger partial charge in [-0.25, -0.2) is 9.97 Å². The molecule has 1 amide bonds. The van der Waals surface area contributed by atoms with Crippen molar-refractivity contribution in [3.63, 3.8) is 0 Å². The molecule has 0 bridgehead atoms. The van der Waals surface area contributed by atoms with Crippen LogP contribution in [0.1, 0.15) is 18.9 Å². The van der Waals surface area contributed by atoms with Gasteiger partial charge in [0.1, 0.15) is 6.61 Å². The van der Waals surface area contributed by atoms with E-state index >= 15 is 0 Å². The fourth-order valence-corrected chi connectivity index (χ4v) is 5.75. The van der Waals surface area contributed by atoms with Crippen LogP contribution in [0.2, 0.25) is 10.2 Å². The van der Waals surface area contributed by atoms with Crippen molar-refractivity contribution in [2.24, 2.45) is 11.8 Å². The summed E-state index contributed by atoms with van der Waals surface area (Å²) in [6.07, 6.45) is 5.72. The number of nitrogens with zero attached hydrogens (tertiary/aromatic N) is 5. The highest BCUT2D eigenvalue weighted by Crippen LogP contribution is 2.42. The molecule has 3 aromatic rings. The number of nitrogens with one attached hydrogen (secondary N) is 2. The minimum absolute atomic E-state index is 0.0439. The molecule has 2 atom stereocenters. The van der Waals surface area contributed by atoms with Crippen molar-refractivity contribution in [2.75, 3.05) is 43.1 Å². The number of rotatable bonds is 5. The maximum atomic E-state index is 12.1. The van der Waals surface area contributed by atoms with Crippen molar-refractivity contribution >= 4 is 46.4 Å². The number of hydrogen-bond acceptors (Lipinski definition) is 7. The zero-order valence-corrected chi connectivity index (χ0v) is 20.5. The Hall–Kier alpha value is -2.72. The summed E-state index contributed by atoms with van der Waals surface area (Å²) in [4.78, 5) is 22.8. The van der Waals surface area contributed by atoms with E-state index in [2.05, 4.69) is 25.7 Å². The van der Waals surface area contributed by atoms with Gasteiger partial charge < -0.3 is 20.3 Å². The third kappa shape index (κ3) is 4.49. The number of carbonyl (C=O) groups is 1. The summed E-state index contributed by atoms with van der Waals surface area (Å²) >= 11 is 13.0. The van der Waals surface area contributed by atoms with Crippen LogP contribution in [0.4, 0.5) is 17.3 Å². The van der Waals surface area contributed by atoms with Gasteiger partial charge in [-0.15, -0.1) is 0 Å². The lowest BCUT2D eigenvalue weighted by Crippen LogP contribution is -2.41. The van der Waals surface area contributed by atoms with Crippen LogP contribution in [0.5, 0.6) is 0 Å². The topological polar surface area (TPSA) is 97.2 Å². The highest BCUT2D eigenvalue weighted by atomic mass is 35.5. The average Bonchev–Trinajstić information content (AvgIpc) is 3.56. The summed E-state index contributed by atoms with van der Waals surface area (Å²) in [5.74, 6) is 1.76. The van der Waals surface area contributed by atoms with Gasteiger partial charge in [-0.3, -0.25) is 9.48 Å². The Bertz CT molecular complexity index is 1240. The third-order valence-corrected chi connectivity index (χ3v) is 7.67. The van der Waals surface area contributed by atoms with Crippen LogP contribution < -0.4 is 15.5 Å². The normalized spacial score (nSPS) is 24.1. The maximum absolute atomic E-state index is 12.1. The minimum atomic E-state index is -0.0439. The van der Waals surface area contributed by atoms with Gasteiger partial charge in [-0.1, -0.05) is 23.2 Å². The molecule has 2 saturated heterocycles. The van der Waals surface area contributed by atoms with Gasteiger partial charge in [-0.05, 0) is 62.0 Å². The molecule has 1 saturated carbocycles. The summed E-state index contributed by atoms with van der Waals surface area (Å²) < 4.78 is 7.18. The second-order valence-electron chi connectivity index (χ2n) is 9.28. The first-order valence-corrected chi connectivity index (χ1v) is 12.5. The number of amides is 1. The lowest BCUT2D eigenvalue weighted by Gasteiger charge is -2.26. The Morgan fingerprint density at radius 1 is 1.11 bits per heavy atom. The van der Waals surface area contributed by atoms with E-state index in [1.165, 1.54) is 0 Å². The molecular weight excluding hydrogens is 489 g/mol. The number of morpholine rings is 1. The number of hydrogen-bond donors (Lipinski definition) is 2. The molecule has 3 aliphatic rings. The molecule has 35 heavy (non-hydrogen) atoms. The predicted molar refractivity (Wildman–Crippen MR) is 134 cm³/mol. The summed E-state index contributed by atoms with van der Waals surface area (Å²) in [6.45, 7) is 3.35. The Morgan fingerprint density at radius 2 is 1.89 bits per heavy atom. The molecule has 9 nitrogen and oxygen atoms in total. The van der Waals surface area contributed by atoms with E-state index in [4.69, 9.17) is 27.9 Å². The van der Waals surface area contributed by atoms with Crippen molar-refractivity contribution in [2.45, 2.75) is 18.9 Å².